The van der Waals surface area contributed by atoms with Gasteiger partial charge in [0.25, 0.3) is 0 Å². The monoisotopic (exact) mass is 594 g/mol. The highest BCUT2D eigenvalue weighted by atomic mass is 16.5. The fraction of sp³-hybridized carbons (Fsp3) is 0.189. The molecule has 0 saturated carbocycles. The van der Waals surface area contributed by atoms with Gasteiger partial charge in [-0.15, -0.1) is 0 Å². The number of nitrogens with zero attached hydrogens (tertiary/aromatic N) is 5. The molecule has 0 aliphatic carbocycles. The van der Waals surface area contributed by atoms with E-state index in [9.17, 15) is 4.79 Å². The first-order valence-electron chi connectivity index (χ1n) is 15.2. The zero-order valence-corrected chi connectivity index (χ0v) is 25.3. The Morgan fingerprint density at radius 2 is 1.69 bits per heavy atom. The lowest BCUT2D eigenvalue weighted by atomic mass is 9.98. The van der Waals surface area contributed by atoms with E-state index in [-0.39, 0.29) is 12.0 Å². The molecule has 1 saturated heterocycles. The van der Waals surface area contributed by atoms with Crippen molar-refractivity contribution in [3.8, 4) is 28.3 Å². The molecule has 0 radical (unpaired) electrons. The summed E-state index contributed by atoms with van der Waals surface area (Å²) in [5.74, 6) is 1.24. The third-order valence-electron chi connectivity index (χ3n) is 8.86. The largest absolute Gasteiger partial charge is 0.465 e. The molecular formula is C37H34N6O2. The van der Waals surface area contributed by atoms with Crippen LogP contribution in [0.2, 0.25) is 0 Å². The topological polar surface area (TPSA) is 99.2 Å². The number of benzene rings is 3. The molecule has 4 heterocycles. The van der Waals surface area contributed by atoms with Crippen LogP contribution in [0.5, 0.6) is 0 Å². The average molecular weight is 595 g/mol. The summed E-state index contributed by atoms with van der Waals surface area (Å²) in [4.78, 5) is 28.7. The maximum Gasteiger partial charge on any atom is 0.337 e. The minimum Gasteiger partial charge on any atom is -0.465 e. The maximum absolute atomic E-state index is 11.8. The van der Waals surface area contributed by atoms with Crippen LogP contribution in [-0.4, -0.2) is 50.6 Å². The smallest absolute Gasteiger partial charge is 0.337 e. The van der Waals surface area contributed by atoms with Crippen LogP contribution in [-0.2, 0) is 4.74 Å². The fourth-order valence-electron chi connectivity index (χ4n) is 6.29. The third-order valence-corrected chi connectivity index (χ3v) is 8.86. The standard InChI is InChI=1S/C37H34N6O2/c1-24(25-10-12-28(13-11-25)37(44)45-2)42-22-20-29(23-42)26-14-16-30(17-15-26)43-35(31-9-6-21-39-34(31)38)41-33-19-18-32(40-36(33)43)27-7-4-3-5-8-27/h3-19,21,24,29H,20,22-23H2,1-2H3,(H2,38,39). The number of methoxy groups -OCH3 is 1. The Morgan fingerprint density at radius 1 is 0.911 bits per heavy atom. The molecule has 6 aromatic rings. The van der Waals surface area contributed by atoms with Crippen molar-refractivity contribution >= 4 is 23.0 Å². The van der Waals surface area contributed by atoms with Crippen LogP contribution in [0.3, 0.4) is 0 Å². The summed E-state index contributed by atoms with van der Waals surface area (Å²) in [6, 6.07) is 34.8. The second kappa shape index (κ2) is 12.0. The zero-order chi connectivity index (χ0) is 30.9. The summed E-state index contributed by atoms with van der Waals surface area (Å²) in [5.41, 5.74) is 14.6. The second-order valence-corrected chi connectivity index (χ2v) is 11.5. The second-order valence-electron chi connectivity index (χ2n) is 11.5. The number of nitrogen functional groups attached to an aromatic ring is 1. The van der Waals surface area contributed by atoms with Crippen molar-refractivity contribution in [2.24, 2.45) is 0 Å². The number of likely N-dealkylation sites (tertiary alicyclic amines) is 1. The molecule has 8 nitrogen and oxygen atoms in total. The molecule has 0 bridgehead atoms. The molecule has 2 N–H and O–H groups in total. The Kier molecular flexibility index (Phi) is 7.57. The predicted octanol–water partition coefficient (Wildman–Crippen LogP) is 7.07. The van der Waals surface area contributed by atoms with Crippen molar-refractivity contribution in [2.75, 3.05) is 25.9 Å². The summed E-state index contributed by atoms with van der Waals surface area (Å²) in [7, 11) is 1.40. The highest BCUT2D eigenvalue weighted by Crippen LogP contribution is 2.35. The van der Waals surface area contributed by atoms with Crippen LogP contribution in [0, 0.1) is 0 Å². The van der Waals surface area contributed by atoms with Gasteiger partial charge < -0.3 is 10.5 Å². The van der Waals surface area contributed by atoms with Crippen LogP contribution in [0.15, 0.2) is 109 Å². The van der Waals surface area contributed by atoms with E-state index in [1.54, 1.807) is 6.20 Å². The van der Waals surface area contributed by atoms with Gasteiger partial charge in [0.15, 0.2) is 11.5 Å². The summed E-state index contributed by atoms with van der Waals surface area (Å²) < 4.78 is 6.93. The molecule has 3 aromatic heterocycles. The zero-order valence-electron chi connectivity index (χ0n) is 25.3. The minimum atomic E-state index is -0.314. The van der Waals surface area contributed by atoms with Gasteiger partial charge in [-0.2, -0.15) is 0 Å². The molecule has 224 valence electrons. The molecule has 2 unspecified atom stereocenters. The normalized spacial score (nSPS) is 15.7. The Hall–Kier alpha value is -5.34. The van der Waals surface area contributed by atoms with E-state index in [0.29, 0.717) is 23.1 Å². The van der Waals surface area contributed by atoms with Gasteiger partial charge in [0.1, 0.15) is 11.3 Å². The maximum atomic E-state index is 11.8. The van der Waals surface area contributed by atoms with E-state index in [4.69, 9.17) is 20.4 Å². The Labute approximate surface area is 262 Å². The summed E-state index contributed by atoms with van der Waals surface area (Å²) in [6.45, 7) is 4.20. The number of pyridine rings is 2. The molecule has 0 amide bonds. The number of carbonyl (C=O) groups is 1. The number of nitrogens with two attached hydrogens (primary N) is 1. The van der Waals surface area contributed by atoms with E-state index < -0.39 is 0 Å². The SMILES string of the molecule is COC(=O)c1ccc(C(C)N2CCC(c3ccc(-n4c(-c5cccnc5N)nc5ccc(-c6ccccc6)nc54)cc3)C2)cc1. The Balaban J connectivity index is 1.19. The van der Waals surface area contributed by atoms with E-state index in [2.05, 4.69) is 57.8 Å². The first kappa shape index (κ1) is 28.4. The number of aromatic nitrogens is 4. The quantitative estimate of drug-likeness (QED) is 0.197. The molecule has 1 fully saturated rings. The number of hydrogen-bond donors (Lipinski definition) is 1. The van der Waals surface area contributed by atoms with Gasteiger partial charge in [-0.1, -0.05) is 54.6 Å². The van der Waals surface area contributed by atoms with Crippen LogP contribution >= 0.6 is 0 Å². The van der Waals surface area contributed by atoms with E-state index in [1.165, 1.54) is 18.2 Å². The van der Waals surface area contributed by atoms with Gasteiger partial charge in [0.05, 0.1) is 23.9 Å². The molecule has 3 aromatic carbocycles. The first-order chi connectivity index (χ1) is 22.0. The van der Waals surface area contributed by atoms with Gasteiger partial charge in [0.2, 0.25) is 0 Å². The average Bonchev–Trinajstić information content (AvgIpc) is 3.74. The molecule has 8 heteroatoms. The van der Waals surface area contributed by atoms with E-state index in [1.807, 2.05) is 66.7 Å². The summed E-state index contributed by atoms with van der Waals surface area (Å²) >= 11 is 0. The number of imidazole rings is 1. The van der Waals surface area contributed by atoms with Crippen molar-refractivity contribution in [3.63, 3.8) is 0 Å². The van der Waals surface area contributed by atoms with Crippen molar-refractivity contribution in [1.82, 2.24) is 24.4 Å². The van der Waals surface area contributed by atoms with Crippen LogP contribution in [0.1, 0.15) is 46.8 Å². The molecule has 0 spiro atoms. The number of carbonyl (C=O) groups excluding carboxylic acids is 1. The number of hydrogen-bond acceptors (Lipinski definition) is 7. The van der Waals surface area contributed by atoms with Crippen LogP contribution in [0.25, 0.3) is 39.5 Å². The fourth-order valence-corrected chi connectivity index (χ4v) is 6.29. The van der Waals surface area contributed by atoms with Gasteiger partial charge >= 0.3 is 5.97 Å². The Morgan fingerprint density at radius 3 is 2.42 bits per heavy atom. The molecule has 45 heavy (non-hydrogen) atoms. The molecule has 7 rings (SSSR count). The van der Waals surface area contributed by atoms with Gasteiger partial charge in [-0.05, 0) is 85.5 Å². The lowest BCUT2D eigenvalue weighted by Gasteiger charge is -2.25. The molecule has 1 aliphatic rings. The van der Waals surface area contributed by atoms with Crippen LogP contribution in [0.4, 0.5) is 5.82 Å². The lowest BCUT2D eigenvalue weighted by Crippen LogP contribution is -2.24. The van der Waals surface area contributed by atoms with E-state index in [0.717, 1.165) is 53.2 Å². The number of anilines is 1. The van der Waals surface area contributed by atoms with E-state index >= 15 is 0 Å². The van der Waals surface area contributed by atoms with Crippen LogP contribution < -0.4 is 5.73 Å². The highest BCUT2D eigenvalue weighted by molar-refractivity contribution is 5.89. The minimum absolute atomic E-state index is 0.246. The van der Waals surface area contributed by atoms with Gasteiger partial charge in [-0.3, -0.25) is 9.47 Å². The lowest BCUT2D eigenvalue weighted by molar-refractivity contribution is 0.0600. The van der Waals surface area contributed by atoms with Crippen molar-refractivity contribution in [1.29, 1.82) is 0 Å². The predicted molar refractivity (Wildman–Crippen MR) is 177 cm³/mol. The first-order valence-corrected chi connectivity index (χ1v) is 15.2. The van der Waals surface area contributed by atoms with Gasteiger partial charge in [-0.25, -0.2) is 19.7 Å². The Bertz CT molecular complexity index is 1970. The van der Waals surface area contributed by atoms with Gasteiger partial charge in [0, 0.05) is 30.0 Å². The summed E-state index contributed by atoms with van der Waals surface area (Å²) in [6.07, 6.45) is 2.77. The number of fused-ring (bicyclic) bond motifs is 1. The third kappa shape index (κ3) is 5.45. The number of esters is 1. The van der Waals surface area contributed by atoms with Crippen molar-refractivity contribution in [2.45, 2.75) is 25.3 Å². The number of ether oxygens (including phenoxy) is 1. The summed E-state index contributed by atoms with van der Waals surface area (Å²) in [5, 5.41) is 0. The number of rotatable bonds is 7. The molecule has 2 atom stereocenters. The molecular weight excluding hydrogens is 560 g/mol. The van der Waals surface area contributed by atoms with Crippen molar-refractivity contribution < 1.29 is 9.53 Å². The van der Waals surface area contributed by atoms with Crippen molar-refractivity contribution in [3.05, 3.63) is 126 Å². The molecule has 1 aliphatic heterocycles. The highest BCUT2D eigenvalue weighted by Gasteiger charge is 2.28.